The molecule has 0 amide bonds. The molecule has 0 atom stereocenters. The second-order valence-corrected chi connectivity index (χ2v) is 4.01. The molecule has 2 nitrogen and oxygen atoms in total. The lowest BCUT2D eigenvalue weighted by molar-refractivity contribution is 0.558. The van der Waals surface area contributed by atoms with E-state index in [9.17, 15) is 17.6 Å². The number of rotatable bonds is 3. The highest BCUT2D eigenvalue weighted by molar-refractivity contribution is 5.46. The molecule has 0 aliphatic carbocycles. The van der Waals surface area contributed by atoms with Gasteiger partial charge < -0.3 is 5.32 Å². The van der Waals surface area contributed by atoms with Gasteiger partial charge in [0.15, 0.2) is 0 Å². The van der Waals surface area contributed by atoms with Crippen LogP contribution in [0.25, 0.3) is 0 Å². The maximum atomic E-state index is 13.6. The monoisotopic (exact) mass is 280 g/mol. The maximum absolute atomic E-state index is 13.6. The summed E-state index contributed by atoms with van der Waals surface area (Å²) < 4.78 is 53.4. The lowest BCUT2D eigenvalue weighted by Gasteiger charge is -2.09. The molecule has 2 rings (SSSR count). The number of nitrogens with zero attached hydrogens (tertiary/aromatic N) is 1. The summed E-state index contributed by atoms with van der Waals surface area (Å²) in [6.45, 7) is -0.371. The quantitative estimate of drug-likeness (QED) is 0.870. The number of hydrogen-bond donors (Lipinski definition) is 1. The molecule has 0 aromatic heterocycles. The molecule has 2 aromatic rings. The summed E-state index contributed by atoms with van der Waals surface area (Å²) >= 11 is 0. The van der Waals surface area contributed by atoms with Crippen LogP contribution >= 0.6 is 0 Å². The van der Waals surface area contributed by atoms with Crippen molar-refractivity contribution < 1.29 is 17.6 Å². The molecule has 0 bridgehead atoms. The number of anilines is 1. The Balaban J connectivity index is 2.23. The second-order valence-electron chi connectivity index (χ2n) is 4.01. The predicted octanol–water partition coefficient (Wildman–Crippen LogP) is 3.73. The Labute approximate surface area is 112 Å². The fourth-order valence-electron chi connectivity index (χ4n) is 1.65. The Morgan fingerprint density at radius 2 is 1.60 bits per heavy atom. The summed E-state index contributed by atoms with van der Waals surface area (Å²) in [7, 11) is 0. The van der Waals surface area contributed by atoms with Crippen molar-refractivity contribution in [3.63, 3.8) is 0 Å². The zero-order chi connectivity index (χ0) is 14.7. The maximum Gasteiger partial charge on any atom is 0.146 e. The van der Waals surface area contributed by atoms with Crippen molar-refractivity contribution in [1.29, 1.82) is 5.26 Å². The Bertz CT molecular complexity index is 669. The molecule has 2 aromatic carbocycles. The average molecular weight is 280 g/mol. The molecule has 0 aliphatic heterocycles. The van der Waals surface area contributed by atoms with E-state index in [1.165, 1.54) is 0 Å². The number of nitrogens with one attached hydrogen (secondary N) is 1. The summed E-state index contributed by atoms with van der Waals surface area (Å²) in [6.07, 6.45) is 0. The van der Waals surface area contributed by atoms with E-state index in [0.29, 0.717) is 0 Å². The van der Waals surface area contributed by atoms with Crippen LogP contribution in [0.5, 0.6) is 0 Å². The first kappa shape index (κ1) is 13.9. The van der Waals surface area contributed by atoms with Crippen molar-refractivity contribution in [2.75, 3.05) is 5.32 Å². The van der Waals surface area contributed by atoms with Gasteiger partial charge in [-0.3, -0.25) is 0 Å². The summed E-state index contributed by atoms with van der Waals surface area (Å²) in [5.41, 5.74) is -0.707. The highest BCUT2D eigenvalue weighted by Gasteiger charge is 2.12. The number of nitriles is 1. The van der Waals surface area contributed by atoms with Gasteiger partial charge in [-0.05, 0) is 30.3 Å². The molecule has 20 heavy (non-hydrogen) atoms. The Kier molecular flexibility index (Phi) is 3.89. The van der Waals surface area contributed by atoms with Gasteiger partial charge in [-0.2, -0.15) is 5.26 Å². The van der Waals surface area contributed by atoms with Crippen LogP contribution in [0.15, 0.2) is 30.3 Å². The highest BCUT2D eigenvalue weighted by atomic mass is 19.1. The van der Waals surface area contributed by atoms with Crippen molar-refractivity contribution >= 4 is 5.69 Å². The van der Waals surface area contributed by atoms with E-state index in [0.717, 1.165) is 30.3 Å². The van der Waals surface area contributed by atoms with Crippen LogP contribution in [0.3, 0.4) is 0 Å². The fraction of sp³-hybridized carbons (Fsp3) is 0.0714. The van der Waals surface area contributed by atoms with Crippen LogP contribution in [0.2, 0.25) is 0 Å². The van der Waals surface area contributed by atoms with E-state index < -0.39 is 23.3 Å². The molecule has 0 fully saturated rings. The van der Waals surface area contributed by atoms with E-state index in [1.54, 1.807) is 6.07 Å². The molecule has 0 aliphatic rings. The third-order valence-electron chi connectivity index (χ3n) is 2.65. The number of benzene rings is 2. The highest BCUT2D eigenvalue weighted by Crippen LogP contribution is 2.19. The first-order valence-corrected chi connectivity index (χ1v) is 5.58. The normalized spacial score (nSPS) is 10.2. The van der Waals surface area contributed by atoms with E-state index in [1.807, 2.05) is 0 Å². The van der Waals surface area contributed by atoms with Gasteiger partial charge in [-0.25, -0.2) is 17.6 Å². The number of halogens is 4. The molecular formula is C14H8F4N2. The predicted molar refractivity (Wildman–Crippen MR) is 64.8 cm³/mol. The SMILES string of the molecule is N#Cc1cc(F)c(CNc2cc(F)ccc2F)c(F)c1. The van der Waals surface area contributed by atoms with Crippen LogP contribution in [0.4, 0.5) is 23.2 Å². The van der Waals surface area contributed by atoms with Crippen molar-refractivity contribution in [1.82, 2.24) is 0 Å². The summed E-state index contributed by atoms with van der Waals surface area (Å²) in [5, 5.41) is 11.0. The van der Waals surface area contributed by atoms with Gasteiger partial charge in [0.2, 0.25) is 0 Å². The zero-order valence-electron chi connectivity index (χ0n) is 10.1. The van der Waals surface area contributed by atoms with Crippen molar-refractivity contribution in [2.45, 2.75) is 6.54 Å². The van der Waals surface area contributed by atoms with Gasteiger partial charge in [0, 0.05) is 12.1 Å². The third-order valence-corrected chi connectivity index (χ3v) is 2.65. The molecule has 0 spiro atoms. The molecular weight excluding hydrogens is 272 g/mol. The smallest absolute Gasteiger partial charge is 0.146 e. The first-order valence-electron chi connectivity index (χ1n) is 5.58. The van der Waals surface area contributed by atoms with Crippen molar-refractivity contribution in [2.24, 2.45) is 0 Å². The van der Waals surface area contributed by atoms with E-state index in [-0.39, 0.29) is 23.4 Å². The average Bonchev–Trinajstić information content (AvgIpc) is 2.41. The molecule has 0 radical (unpaired) electrons. The molecule has 1 N–H and O–H groups in total. The summed E-state index contributed by atoms with van der Waals surface area (Å²) in [5.74, 6) is -3.26. The molecule has 0 saturated heterocycles. The Morgan fingerprint density at radius 1 is 0.950 bits per heavy atom. The summed E-state index contributed by atoms with van der Waals surface area (Å²) in [4.78, 5) is 0. The zero-order valence-corrected chi connectivity index (χ0v) is 10.1. The molecule has 0 saturated carbocycles. The standard InChI is InChI=1S/C14H8F4N2/c15-9-1-2-11(16)14(5-9)20-7-10-12(17)3-8(6-19)4-13(10)18/h1-5,20H,7H2. The van der Waals surface area contributed by atoms with Gasteiger partial charge in [-0.15, -0.1) is 0 Å². The minimum Gasteiger partial charge on any atom is -0.378 e. The van der Waals surface area contributed by atoms with E-state index >= 15 is 0 Å². The van der Waals surface area contributed by atoms with Crippen LogP contribution < -0.4 is 5.32 Å². The molecule has 102 valence electrons. The fourth-order valence-corrected chi connectivity index (χ4v) is 1.65. The molecule has 6 heteroatoms. The van der Waals surface area contributed by atoms with Gasteiger partial charge in [-0.1, -0.05) is 0 Å². The third kappa shape index (κ3) is 2.88. The largest absolute Gasteiger partial charge is 0.378 e. The van der Waals surface area contributed by atoms with Crippen LogP contribution in [-0.2, 0) is 6.54 Å². The van der Waals surface area contributed by atoms with Crippen molar-refractivity contribution in [3.05, 3.63) is 64.7 Å². The lowest BCUT2D eigenvalue weighted by Crippen LogP contribution is -2.06. The first-order chi connectivity index (χ1) is 9.51. The Morgan fingerprint density at radius 3 is 2.20 bits per heavy atom. The molecule has 0 unspecified atom stereocenters. The van der Waals surface area contributed by atoms with Crippen LogP contribution in [0.1, 0.15) is 11.1 Å². The second kappa shape index (κ2) is 5.61. The molecule has 0 heterocycles. The minimum absolute atomic E-state index is 0.152. The number of hydrogen-bond acceptors (Lipinski definition) is 2. The minimum atomic E-state index is -0.925. The Hall–Kier alpha value is -2.55. The van der Waals surface area contributed by atoms with Crippen LogP contribution in [-0.4, -0.2) is 0 Å². The van der Waals surface area contributed by atoms with Gasteiger partial charge in [0.05, 0.1) is 17.3 Å². The van der Waals surface area contributed by atoms with Gasteiger partial charge in [0.1, 0.15) is 23.3 Å². The van der Waals surface area contributed by atoms with Gasteiger partial charge >= 0.3 is 0 Å². The topological polar surface area (TPSA) is 35.8 Å². The van der Waals surface area contributed by atoms with Crippen LogP contribution in [0, 0.1) is 34.6 Å². The van der Waals surface area contributed by atoms with Crippen molar-refractivity contribution in [3.8, 4) is 6.07 Å². The van der Waals surface area contributed by atoms with Gasteiger partial charge in [0.25, 0.3) is 0 Å². The lowest BCUT2D eigenvalue weighted by atomic mass is 10.1. The van der Waals surface area contributed by atoms with E-state index in [2.05, 4.69) is 5.32 Å². The van der Waals surface area contributed by atoms with E-state index in [4.69, 9.17) is 5.26 Å². The summed E-state index contributed by atoms with van der Waals surface area (Å²) in [6, 6.07) is 6.09.